The number of hydrogen-bond acceptors (Lipinski definition) is 4. The maximum Gasteiger partial charge on any atom is 0.253 e. The van der Waals surface area contributed by atoms with Crippen molar-refractivity contribution in [3.8, 4) is 0 Å². The van der Waals surface area contributed by atoms with E-state index in [9.17, 15) is 4.79 Å². The van der Waals surface area contributed by atoms with E-state index in [0.717, 1.165) is 42.9 Å². The van der Waals surface area contributed by atoms with Gasteiger partial charge in [-0.2, -0.15) is 0 Å². The van der Waals surface area contributed by atoms with Crippen molar-refractivity contribution >= 4 is 22.6 Å². The van der Waals surface area contributed by atoms with E-state index in [4.69, 9.17) is 4.74 Å². The van der Waals surface area contributed by atoms with Crippen molar-refractivity contribution in [2.45, 2.75) is 6.54 Å². The van der Waals surface area contributed by atoms with Crippen LogP contribution in [0.2, 0.25) is 0 Å². The second-order valence-electron chi connectivity index (χ2n) is 6.56. The Morgan fingerprint density at radius 2 is 1.96 bits per heavy atom. The molecule has 0 atom stereocenters. The van der Waals surface area contributed by atoms with Gasteiger partial charge in [0.2, 0.25) is 0 Å². The summed E-state index contributed by atoms with van der Waals surface area (Å²) in [6, 6.07) is 14.0. The molecule has 1 N–H and O–H groups in total. The van der Waals surface area contributed by atoms with E-state index in [1.807, 2.05) is 25.2 Å². The van der Waals surface area contributed by atoms with Gasteiger partial charge in [0, 0.05) is 37.9 Å². The van der Waals surface area contributed by atoms with E-state index in [1.165, 1.54) is 5.69 Å². The van der Waals surface area contributed by atoms with Crippen LogP contribution in [-0.4, -0.2) is 54.1 Å². The van der Waals surface area contributed by atoms with Crippen molar-refractivity contribution in [2.24, 2.45) is 0 Å². The lowest BCUT2D eigenvalue weighted by molar-refractivity contribution is 0.0785. The third-order valence-electron chi connectivity index (χ3n) is 4.75. The zero-order valence-electron chi connectivity index (χ0n) is 14.8. The van der Waals surface area contributed by atoms with E-state index >= 15 is 0 Å². The molecule has 4 rings (SSSR count). The van der Waals surface area contributed by atoms with Gasteiger partial charge in [-0.05, 0) is 35.9 Å². The molecule has 1 amide bonds. The third-order valence-corrected chi connectivity index (χ3v) is 4.75. The van der Waals surface area contributed by atoms with Crippen LogP contribution in [0.15, 0.2) is 48.8 Å². The molecular formula is C20H22N4O2. The summed E-state index contributed by atoms with van der Waals surface area (Å²) < 4.78 is 5.40. The highest BCUT2D eigenvalue weighted by atomic mass is 16.5. The van der Waals surface area contributed by atoms with Crippen molar-refractivity contribution in [3.05, 3.63) is 59.9 Å². The van der Waals surface area contributed by atoms with Gasteiger partial charge >= 0.3 is 0 Å². The van der Waals surface area contributed by atoms with Crippen LogP contribution in [0.1, 0.15) is 15.9 Å². The number of aromatic nitrogens is 2. The molecule has 1 saturated heterocycles. The zero-order chi connectivity index (χ0) is 17.9. The molecule has 3 aromatic rings. The summed E-state index contributed by atoms with van der Waals surface area (Å²) in [6.45, 7) is 3.98. The minimum absolute atomic E-state index is 0.00115. The first kappa shape index (κ1) is 16.6. The number of rotatable bonds is 4. The molecule has 0 bridgehead atoms. The topological polar surface area (TPSA) is 61.5 Å². The number of nitrogens with one attached hydrogen (secondary N) is 1. The molecule has 1 aromatic heterocycles. The Morgan fingerprint density at radius 3 is 2.73 bits per heavy atom. The van der Waals surface area contributed by atoms with E-state index < -0.39 is 0 Å². The lowest BCUT2D eigenvalue weighted by Crippen LogP contribution is -2.36. The number of fused-ring (bicyclic) bond motifs is 1. The van der Waals surface area contributed by atoms with Crippen LogP contribution in [0.5, 0.6) is 0 Å². The average Bonchev–Trinajstić information content (AvgIpc) is 3.16. The van der Waals surface area contributed by atoms with Crippen LogP contribution in [0.4, 0.5) is 5.69 Å². The molecule has 0 saturated carbocycles. The highest BCUT2D eigenvalue weighted by molar-refractivity contribution is 5.97. The smallest absolute Gasteiger partial charge is 0.253 e. The Bertz CT molecular complexity index is 898. The molecule has 2 heterocycles. The number of H-pyrrole nitrogens is 1. The molecule has 1 aliphatic heterocycles. The largest absolute Gasteiger partial charge is 0.378 e. The lowest BCUT2D eigenvalue weighted by Gasteiger charge is -2.29. The second kappa shape index (κ2) is 7.17. The highest BCUT2D eigenvalue weighted by Gasteiger charge is 2.14. The quantitative estimate of drug-likeness (QED) is 0.786. The van der Waals surface area contributed by atoms with Gasteiger partial charge in [-0.15, -0.1) is 0 Å². The number of carbonyl (C=O) groups is 1. The zero-order valence-corrected chi connectivity index (χ0v) is 14.8. The van der Waals surface area contributed by atoms with E-state index in [0.29, 0.717) is 12.1 Å². The summed E-state index contributed by atoms with van der Waals surface area (Å²) in [4.78, 5) is 24.0. The molecule has 0 radical (unpaired) electrons. The first-order chi connectivity index (χ1) is 12.7. The van der Waals surface area contributed by atoms with Gasteiger partial charge < -0.3 is 19.5 Å². The van der Waals surface area contributed by atoms with Gasteiger partial charge in [0.1, 0.15) is 0 Å². The summed E-state index contributed by atoms with van der Waals surface area (Å²) in [7, 11) is 1.83. The Kier molecular flexibility index (Phi) is 4.58. The Balaban J connectivity index is 1.43. The SMILES string of the molecule is CN(Cc1ccc(N2CCOCC2)cc1)C(=O)c1ccc2nc[nH]c2c1. The van der Waals surface area contributed by atoms with E-state index in [1.54, 1.807) is 11.2 Å². The van der Waals surface area contributed by atoms with Crippen LogP contribution in [-0.2, 0) is 11.3 Å². The fourth-order valence-corrected chi connectivity index (χ4v) is 3.27. The summed E-state index contributed by atoms with van der Waals surface area (Å²) >= 11 is 0. The molecular weight excluding hydrogens is 328 g/mol. The first-order valence-corrected chi connectivity index (χ1v) is 8.81. The predicted octanol–water partition coefficient (Wildman–Crippen LogP) is 2.67. The molecule has 6 heteroatoms. The average molecular weight is 350 g/mol. The maximum absolute atomic E-state index is 12.7. The lowest BCUT2D eigenvalue weighted by atomic mass is 10.1. The van der Waals surface area contributed by atoms with Crippen molar-refractivity contribution in [1.82, 2.24) is 14.9 Å². The number of carbonyl (C=O) groups excluding carboxylic acids is 1. The number of imidazole rings is 1. The molecule has 0 spiro atoms. The van der Waals surface area contributed by atoms with Crippen molar-refractivity contribution in [2.75, 3.05) is 38.3 Å². The maximum atomic E-state index is 12.7. The highest BCUT2D eigenvalue weighted by Crippen LogP contribution is 2.18. The van der Waals surface area contributed by atoms with Gasteiger partial charge in [-0.25, -0.2) is 4.98 Å². The number of hydrogen-bond donors (Lipinski definition) is 1. The van der Waals surface area contributed by atoms with Gasteiger partial charge in [-0.1, -0.05) is 12.1 Å². The van der Waals surface area contributed by atoms with Gasteiger partial charge in [-0.3, -0.25) is 4.79 Å². The summed E-state index contributed by atoms with van der Waals surface area (Å²) in [6.07, 6.45) is 1.64. The number of benzene rings is 2. The van der Waals surface area contributed by atoms with Crippen molar-refractivity contribution in [3.63, 3.8) is 0 Å². The van der Waals surface area contributed by atoms with Crippen LogP contribution < -0.4 is 4.90 Å². The van der Waals surface area contributed by atoms with E-state index in [-0.39, 0.29) is 5.91 Å². The molecule has 2 aromatic carbocycles. The molecule has 26 heavy (non-hydrogen) atoms. The van der Waals surface area contributed by atoms with Crippen LogP contribution in [0, 0.1) is 0 Å². The number of morpholine rings is 1. The molecule has 134 valence electrons. The molecule has 1 fully saturated rings. The predicted molar refractivity (Wildman–Crippen MR) is 101 cm³/mol. The van der Waals surface area contributed by atoms with Crippen LogP contribution >= 0.6 is 0 Å². The van der Waals surface area contributed by atoms with Gasteiger partial charge in [0.05, 0.1) is 30.6 Å². The fourth-order valence-electron chi connectivity index (χ4n) is 3.27. The number of anilines is 1. The Morgan fingerprint density at radius 1 is 1.19 bits per heavy atom. The molecule has 1 aliphatic rings. The van der Waals surface area contributed by atoms with Crippen LogP contribution in [0.25, 0.3) is 11.0 Å². The van der Waals surface area contributed by atoms with Crippen LogP contribution in [0.3, 0.4) is 0 Å². The monoisotopic (exact) mass is 350 g/mol. The summed E-state index contributed by atoms with van der Waals surface area (Å²) in [5.41, 5.74) is 4.72. The van der Waals surface area contributed by atoms with Gasteiger partial charge in [0.25, 0.3) is 5.91 Å². The van der Waals surface area contributed by atoms with Gasteiger partial charge in [0.15, 0.2) is 0 Å². The number of aromatic amines is 1. The number of nitrogens with zero attached hydrogens (tertiary/aromatic N) is 3. The molecule has 6 nitrogen and oxygen atoms in total. The fraction of sp³-hybridized carbons (Fsp3) is 0.300. The second-order valence-corrected chi connectivity index (χ2v) is 6.56. The normalized spacial score (nSPS) is 14.6. The minimum Gasteiger partial charge on any atom is -0.378 e. The first-order valence-electron chi connectivity index (χ1n) is 8.81. The molecule has 0 aliphatic carbocycles. The summed E-state index contributed by atoms with van der Waals surface area (Å²) in [5.74, 6) is -0.00115. The third kappa shape index (κ3) is 3.41. The number of amides is 1. The van der Waals surface area contributed by atoms with Crippen molar-refractivity contribution in [1.29, 1.82) is 0 Å². The standard InChI is InChI=1S/C20H22N4O2/c1-23(20(25)16-4-7-18-19(12-16)22-14-21-18)13-15-2-5-17(6-3-15)24-8-10-26-11-9-24/h2-7,12,14H,8-11,13H2,1H3,(H,21,22). The Hall–Kier alpha value is -2.86. The molecule has 0 unspecified atom stereocenters. The minimum atomic E-state index is -0.00115. The summed E-state index contributed by atoms with van der Waals surface area (Å²) in [5, 5.41) is 0. The van der Waals surface area contributed by atoms with Crippen molar-refractivity contribution < 1.29 is 9.53 Å². The Labute approximate surface area is 152 Å². The van der Waals surface area contributed by atoms with E-state index in [2.05, 4.69) is 39.1 Å². The number of ether oxygens (including phenoxy) is 1.